The molecule has 0 amide bonds. The zero-order chi connectivity index (χ0) is 15.9. The maximum Gasteiger partial charge on any atom is 0.196 e. The van der Waals surface area contributed by atoms with E-state index in [4.69, 9.17) is 4.74 Å². The van der Waals surface area contributed by atoms with Crippen LogP contribution in [0, 0.1) is 0 Å². The average Bonchev–Trinajstić information content (AvgIpc) is 2.52. The Labute approximate surface area is 130 Å². The zero-order valence-corrected chi connectivity index (χ0v) is 12.6. The van der Waals surface area contributed by atoms with Gasteiger partial charge in [0.1, 0.15) is 17.2 Å². The van der Waals surface area contributed by atoms with Gasteiger partial charge in [0.2, 0.25) is 0 Å². The molecule has 0 bridgehead atoms. The van der Waals surface area contributed by atoms with E-state index in [9.17, 15) is 15.0 Å². The molecule has 2 aromatic carbocycles. The lowest BCUT2D eigenvalue weighted by molar-refractivity contribution is 0.103. The molecule has 0 atom stereocenters. The predicted molar refractivity (Wildman–Crippen MR) is 84.7 cm³/mol. The molecule has 0 saturated heterocycles. The van der Waals surface area contributed by atoms with E-state index in [0.29, 0.717) is 12.2 Å². The summed E-state index contributed by atoms with van der Waals surface area (Å²) in [6, 6.07) is 10.8. The van der Waals surface area contributed by atoms with Gasteiger partial charge >= 0.3 is 0 Å². The van der Waals surface area contributed by atoms with Gasteiger partial charge in [-0.05, 0) is 42.8 Å². The number of carbonyl (C=O) groups is 1. The number of phenolic OH excluding ortho intramolecular Hbond substituents is 2. The van der Waals surface area contributed by atoms with Crippen LogP contribution < -0.4 is 4.74 Å². The number of aromatic hydroxyl groups is 2. The maximum atomic E-state index is 12.3. The van der Waals surface area contributed by atoms with Crippen molar-refractivity contribution in [3.8, 4) is 17.2 Å². The van der Waals surface area contributed by atoms with Crippen molar-refractivity contribution in [2.45, 2.75) is 26.2 Å². The standard InChI is InChI=1S/C18H20O4/c1-2-3-4-11-22-15-8-5-13(6-9-15)18(21)16-10-7-14(19)12-17(16)20/h5-10,12,19-20H,2-4,11H2,1H3. The second-order valence-corrected chi connectivity index (χ2v) is 5.11. The first-order chi connectivity index (χ1) is 10.6. The minimum Gasteiger partial charge on any atom is -0.508 e. The van der Waals surface area contributed by atoms with E-state index in [-0.39, 0.29) is 22.8 Å². The van der Waals surface area contributed by atoms with E-state index in [0.717, 1.165) is 31.1 Å². The van der Waals surface area contributed by atoms with E-state index in [1.165, 1.54) is 12.1 Å². The van der Waals surface area contributed by atoms with Crippen LogP contribution in [0.2, 0.25) is 0 Å². The van der Waals surface area contributed by atoms with Crippen LogP contribution in [0.15, 0.2) is 42.5 Å². The van der Waals surface area contributed by atoms with Gasteiger partial charge in [-0.3, -0.25) is 4.79 Å². The average molecular weight is 300 g/mol. The molecule has 116 valence electrons. The number of ether oxygens (including phenoxy) is 1. The first-order valence-electron chi connectivity index (χ1n) is 7.41. The Morgan fingerprint density at radius 1 is 1.05 bits per heavy atom. The number of unbranched alkanes of at least 4 members (excludes halogenated alkanes) is 2. The SMILES string of the molecule is CCCCCOc1ccc(C(=O)c2ccc(O)cc2O)cc1. The third-order valence-corrected chi connectivity index (χ3v) is 3.36. The van der Waals surface area contributed by atoms with E-state index in [1.54, 1.807) is 24.3 Å². The van der Waals surface area contributed by atoms with Gasteiger partial charge in [0, 0.05) is 11.6 Å². The fourth-order valence-electron chi connectivity index (χ4n) is 2.11. The highest BCUT2D eigenvalue weighted by Gasteiger charge is 2.14. The minimum atomic E-state index is -0.296. The lowest BCUT2D eigenvalue weighted by atomic mass is 10.0. The number of benzene rings is 2. The molecule has 0 saturated carbocycles. The summed E-state index contributed by atoms with van der Waals surface area (Å²) in [5.41, 5.74) is 0.622. The molecule has 0 radical (unpaired) electrons. The summed E-state index contributed by atoms with van der Waals surface area (Å²) in [4.78, 5) is 12.3. The summed E-state index contributed by atoms with van der Waals surface area (Å²) in [5, 5.41) is 19.0. The number of rotatable bonds is 7. The van der Waals surface area contributed by atoms with Crippen LogP contribution in [-0.2, 0) is 0 Å². The van der Waals surface area contributed by atoms with Crippen LogP contribution in [-0.4, -0.2) is 22.6 Å². The van der Waals surface area contributed by atoms with Crippen LogP contribution in [0.5, 0.6) is 17.2 Å². The molecule has 0 aliphatic heterocycles. The fourth-order valence-corrected chi connectivity index (χ4v) is 2.11. The van der Waals surface area contributed by atoms with E-state index < -0.39 is 0 Å². The number of hydrogen-bond acceptors (Lipinski definition) is 4. The van der Waals surface area contributed by atoms with Crippen molar-refractivity contribution in [1.29, 1.82) is 0 Å². The zero-order valence-electron chi connectivity index (χ0n) is 12.6. The van der Waals surface area contributed by atoms with Crippen LogP contribution in [0.4, 0.5) is 0 Å². The number of ketones is 1. The number of hydrogen-bond donors (Lipinski definition) is 2. The number of phenols is 2. The molecule has 22 heavy (non-hydrogen) atoms. The third kappa shape index (κ3) is 4.01. The minimum absolute atomic E-state index is 0.0788. The van der Waals surface area contributed by atoms with Gasteiger partial charge in [-0.25, -0.2) is 0 Å². The molecule has 0 aromatic heterocycles. The molecular formula is C18H20O4. The Bertz CT molecular complexity index is 632. The predicted octanol–water partition coefficient (Wildman–Crippen LogP) is 3.90. The topological polar surface area (TPSA) is 66.8 Å². The van der Waals surface area contributed by atoms with Crippen molar-refractivity contribution in [3.63, 3.8) is 0 Å². The highest BCUT2D eigenvalue weighted by Crippen LogP contribution is 2.25. The largest absolute Gasteiger partial charge is 0.508 e. The molecule has 0 fully saturated rings. The van der Waals surface area contributed by atoms with Gasteiger partial charge < -0.3 is 14.9 Å². The van der Waals surface area contributed by atoms with Crippen molar-refractivity contribution < 1.29 is 19.7 Å². The van der Waals surface area contributed by atoms with Gasteiger partial charge in [-0.15, -0.1) is 0 Å². The summed E-state index contributed by atoms with van der Waals surface area (Å²) < 4.78 is 5.59. The Kier molecular flexibility index (Phi) is 5.42. The van der Waals surface area contributed by atoms with Crippen LogP contribution in [0.25, 0.3) is 0 Å². The summed E-state index contributed by atoms with van der Waals surface area (Å²) in [5.74, 6) is 0.118. The number of carbonyl (C=O) groups excluding carboxylic acids is 1. The van der Waals surface area contributed by atoms with E-state index in [2.05, 4.69) is 6.92 Å². The van der Waals surface area contributed by atoms with Crippen LogP contribution in [0.1, 0.15) is 42.1 Å². The van der Waals surface area contributed by atoms with Gasteiger partial charge in [0.05, 0.1) is 12.2 Å². The Balaban J connectivity index is 2.04. The summed E-state index contributed by atoms with van der Waals surface area (Å²) >= 11 is 0. The molecule has 2 rings (SSSR count). The van der Waals surface area contributed by atoms with Crippen LogP contribution in [0.3, 0.4) is 0 Å². The normalized spacial score (nSPS) is 10.4. The van der Waals surface area contributed by atoms with Crippen molar-refractivity contribution in [2.75, 3.05) is 6.61 Å². The van der Waals surface area contributed by atoms with Crippen molar-refractivity contribution in [1.82, 2.24) is 0 Å². The van der Waals surface area contributed by atoms with Crippen molar-refractivity contribution in [3.05, 3.63) is 53.6 Å². The lowest BCUT2D eigenvalue weighted by Crippen LogP contribution is -2.02. The monoisotopic (exact) mass is 300 g/mol. The summed E-state index contributed by atoms with van der Waals surface area (Å²) in [7, 11) is 0. The van der Waals surface area contributed by atoms with E-state index in [1.807, 2.05) is 0 Å². The first kappa shape index (κ1) is 15.9. The second kappa shape index (κ2) is 7.50. The van der Waals surface area contributed by atoms with Gasteiger partial charge in [0.25, 0.3) is 0 Å². The molecule has 4 heteroatoms. The smallest absolute Gasteiger partial charge is 0.196 e. The molecule has 2 N–H and O–H groups in total. The lowest BCUT2D eigenvalue weighted by Gasteiger charge is -2.07. The Hall–Kier alpha value is -2.49. The Morgan fingerprint density at radius 3 is 2.41 bits per heavy atom. The van der Waals surface area contributed by atoms with Crippen LogP contribution >= 0.6 is 0 Å². The van der Waals surface area contributed by atoms with Gasteiger partial charge in [0.15, 0.2) is 5.78 Å². The molecule has 0 aliphatic carbocycles. The fraction of sp³-hybridized carbons (Fsp3) is 0.278. The molecular weight excluding hydrogens is 280 g/mol. The van der Waals surface area contributed by atoms with E-state index >= 15 is 0 Å². The summed E-state index contributed by atoms with van der Waals surface area (Å²) in [6.45, 7) is 2.80. The molecule has 4 nitrogen and oxygen atoms in total. The second-order valence-electron chi connectivity index (χ2n) is 5.11. The molecule has 0 aliphatic rings. The van der Waals surface area contributed by atoms with Gasteiger partial charge in [-0.2, -0.15) is 0 Å². The summed E-state index contributed by atoms with van der Waals surface area (Å²) in [6.07, 6.45) is 3.29. The Morgan fingerprint density at radius 2 is 1.77 bits per heavy atom. The quantitative estimate of drug-likeness (QED) is 0.601. The molecule has 0 spiro atoms. The molecule has 0 heterocycles. The molecule has 0 unspecified atom stereocenters. The highest BCUT2D eigenvalue weighted by atomic mass is 16.5. The van der Waals surface area contributed by atoms with Crippen molar-refractivity contribution in [2.24, 2.45) is 0 Å². The van der Waals surface area contributed by atoms with Crippen molar-refractivity contribution >= 4 is 5.78 Å². The van der Waals surface area contributed by atoms with Gasteiger partial charge in [-0.1, -0.05) is 19.8 Å². The first-order valence-corrected chi connectivity index (χ1v) is 7.41. The third-order valence-electron chi connectivity index (χ3n) is 3.36. The highest BCUT2D eigenvalue weighted by molar-refractivity contribution is 6.10. The molecule has 2 aromatic rings. The maximum absolute atomic E-state index is 12.3.